The fourth-order valence-corrected chi connectivity index (χ4v) is 7.06. The summed E-state index contributed by atoms with van der Waals surface area (Å²) in [6, 6.07) is 70.0. The summed E-state index contributed by atoms with van der Waals surface area (Å²) in [5.74, 6) is 1.92. The molecule has 3 nitrogen and oxygen atoms in total. The van der Waals surface area contributed by atoms with Gasteiger partial charge in [-0.1, -0.05) is 194 Å². The third-order valence-electron chi connectivity index (χ3n) is 9.58. The molecule has 3 heteroatoms. The molecule has 0 unspecified atom stereocenters. The highest BCUT2D eigenvalue weighted by atomic mass is 15.0. The molecule has 0 fully saturated rings. The van der Waals surface area contributed by atoms with E-state index in [0.29, 0.717) is 17.5 Å². The molecule has 0 radical (unpaired) electrons. The zero-order valence-electron chi connectivity index (χ0n) is 28.4. The lowest BCUT2D eigenvalue weighted by Crippen LogP contribution is -2.01. The summed E-state index contributed by atoms with van der Waals surface area (Å²) < 4.78 is 0. The minimum absolute atomic E-state index is 0.638. The van der Waals surface area contributed by atoms with Crippen LogP contribution in [0.15, 0.2) is 200 Å². The van der Waals surface area contributed by atoms with Crippen LogP contribution in [0.1, 0.15) is 0 Å². The van der Waals surface area contributed by atoms with Gasteiger partial charge < -0.3 is 0 Å². The maximum Gasteiger partial charge on any atom is 0.164 e. The van der Waals surface area contributed by atoms with E-state index < -0.39 is 0 Å². The molecule has 9 rings (SSSR count). The minimum atomic E-state index is 0.638. The van der Waals surface area contributed by atoms with Gasteiger partial charge in [0.1, 0.15) is 0 Å². The first-order valence-corrected chi connectivity index (χ1v) is 17.5. The summed E-state index contributed by atoms with van der Waals surface area (Å²) in [6.45, 7) is 0. The third kappa shape index (κ3) is 5.95. The number of nitrogens with zero attached hydrogens (tertiary/aromatic N) is 3. The van der Waals surface area contributed by atoms with E-state index in [9.17, 15) is 0 Å². The Morgan fingerprint density at radius 3 is 1.23 bits per heavy atom. The standard InChI is InChI=1S/C49H33N3/c1-5-16-34(17-6-1)35-28-30-39(31-29-35)48-50-47(38-22-11-4-12-23-38)51-49(52-48)45-33-32-43(41-24-13-14-25-42(41)45)44-27-15-26-40(36-18-7-2-8-19-36)46(44)37-20-9-3-10-21-37/h1-33H. The summed E-state index contributed by atoms with van der Waals surface area (Å²) in [6.07, 6.45) is 0. The average molecular weight is 664 g/mol. The number of fused-ring (bicyclic) bond motifs is 1. The van der Waals surface area contributed by atoms with Crippen LogP contribution in [0.2, 0.25) is 0 Å². The van der Waals surface area contributed by atoms with Crippen molar-refractivity contribution in [2.75, 3.05) is 0 Å². The topological polar surface area (TPSA) is 38.7 Å². The monoisotopic (exact) mass is 663 g/mol. The van der Waals surface area contributed by atoms with Gasteiger partial charge in [0.15, 0.2) is 17.5 Å². The Balaban J connectivity index is 1.22. The molecule has 0 atom stereocenters. The molecule has 0 N–H and O–H groups in total. The molecule has 0 aliphatic heterocycles. The summed E-state index contributed by atoms with van der Waals surface area (Å²) in [5.41, 5.74) is 12.3. The molecule has 244 valence electrons. The highest BCUT2D eigenvalue weighted by Crippen LogP contribution is 2.43. The van der Waals surface area contributed by atoms with E-state index in [-0.39, 0.29) is 0 Å². The Morgan fingerprint density at radius 2 is 0.615 bits per heavy atom. The Bertz CT molecular complexity index is 2640. The van der Waals surface area contributed by atoms with Crippen LogP contribution in [-0.4, -0.2) is 15.0 Å². The molecule has 1 aromatic heterocycles. The van der Waals surface area contributed by atoms with E-state index in [0.717, 1.165) is 38.6 Å². The highest BCUT2D eigenvalue weighted by Gasteiger charge is 2.19. The number of benzene rings is 8. The van der Waals surface area contributed by atoms with Crippen LogP contribution in [0, 0.1) is 0 Å². The van der Waals surface area contributed by atoms with Gasteiger partial charge >= 0.3 is 0 Å². The second kappa shape index (κ2) is 13.7. The molecular weight excluding hydrogens is 631 g/mol. The van der Waals surface area contributed by atoms with Crippen molar-refractivity contribution in [3.63, 3.8) is 0 Å². The van der Waals surface area contributed by atoms with E-state index in [1.54, 1.807) is 0 Å². The molecule has 9 aromatic rings. The maximum atomic E-state index is 5.15. The molecule has 52 heavy (non-hydrogen) atoms. The van der Waals surface area contributed by atoms with E-state index in [2.05, 4.69) is 164 Å². The SMILES string of the molecule is c1ccc(-c2ccc(-c3nc(-c4ccccc4)nc(-c4ccc(-c5cccc(-c6ccccc6)c5-c5ccccc5)c5ccccc45)n3)cc2)cc1. The highest BCUT2D eigenvalue weighted by molar-refractivity contribution is 6.08. The van der Waals surface area contributed by atoms with Crippen LogP contribution in [0.4, 0.5) is 0 Å². The van der Waals surface area contributed by atoms with Crippen molar-refractivity contribution in [1.29, 1.82) is 0 Å². The average Bonchev–Trinajstić information content (AvgIpc) is 3.24. The Hall–Kier alpha value is -6.97. The Kier molecular flexibility index (Phi) is 8.20. The smallest absolute Gasteiger partial charge is 0.164 e. The molecule has 0 saturated heterocycles. The van der Waals surface area contributed by atoms with E-state index in [1.165, 1.54) is 33.4 Å². The van der Waals surface area contributed by atoms with Crippen molar-refractivity contribution in [3.05, 3.63) is 200 Å². The van der Waals surface area contributed by atoms with E-state index in [4.69, 9.17) is 15.0 Å². The van der Waals surface area contributed by atoms with Crippen LogP contribution < -0.4 is 0 Å². The minimum Gasteiger partial charge on any atom is -0.208 e. The predicted molar refractivity (Wildman–Crippen MR) is 215 cm³/mol. The van der Waals surface area contributed by atoms with Crippen molar-refractivity contribution in [2.45, 2.75) is 0 Å². The molecule has 0 saturated carbocycles. The normalized spacial score (nSPS) is 11.1. The fourth-order valence-electron chi connectivity index (χ4n) is 7.06. The van der Waals surface area contributed by atoms with Crippen LogP contribution in [0.5, 0.6) is 0 Å². The van der Waals surface area contributed by atoms with Crippen LogP contribution >= 0.6 is 0 Å². The molecule has 0 bridgehead atoms. The molecule has 0 spiro atoms. The summed E-state index contributed by atoms with van der Waals surface area (Å²) in [5, 5.41) is 2.22. The molecule has 0 aliphatic carbocycles. The molecule has 0 aliphatic rings. The fraction of sp³-hybridized carbons (Fsp3) is 0. The molecule has 8 aromatic carbocycles. The van der Waals surface area contributed by atoms with E-state index in [1.807, 2.05) is 36.4 Å². The zero-order valence-corrected chi connectivity index (χ0v) is 28.4. The number of rotatable bonds is 7. The van der Waals surface area contributed by atoms with Crippen molar-refractivity contribution < 1.29 is 0 Å². The van der Waals surface area contributed by atoms with Gasteiger partial charge in [-0.25, -0.2) is 15.0 Å². The molecule has 0 amide bonds. The van der Waals surface area contributed by atoms with Crippen molar-refractivity contribution in [3.8, 4) is 78.7 Å². The Morgan fingerprint density at radius 1 is 0.212 bits per heavy atom. The van der Waals surface area contributed by atoms with Crippen LogP contribution in [-0.2, 0) is 0 Å². The summed E-state index contributed by atoms with van der Waals surface area (Å²) in [4.78, 5) is 15.3. The zero-order chi connectivity index (χ0) is 34.7. The lowest BCUT2D eigenvalue weighted by molar-refractivity contribution is 1.08. The van der Waals surface area contributed by atoms with Gasteiger partial charge in [-0.3, -0.25) is 0 Å². The van der Waals surface area contributed by atoms with Gasteiger partial charge in [0.05, 0.1) is 0 Å². The van der Waals surface area contributed by atoms with Gasteiger partial charge in [0.25, 0.3) is 0 Å². The number of hydrogen-bond donors (Lipinski definition) is 0. The quantitative estimate of drug-likeness (QED) is 0.170. The lowest BCUT2D eigenvalue weighted by atomic mass is 9.85. The lowest BCUT2D eigenvalue weighted by Gasteiger charge is -2.18. The molecular formula is C49H33N3. The molecule has 1 heterocycles. The van der Waals surface area contributed by atoms with Crippen molar-refractivity contribution in [1.82, 2.24) is 15.0 Å². The first-order valence-electron chi connectivity index (χ1n) is 17.5. The number of aromatic nitrogens is 3. The van der Waals surface area contributed by atoms with Crippen LogP contribution in [0.3, 0.4) is 0 Å². The van der Waals surface area contributed by atoms with Gasteiger partial charge in [0, 0.05) is 16.7 Å². The maximum absolute atomic E-state index is 5.15. The number of hydrogen-bond acceptors (Lipinski definition) is 3. The van der Waals surface area contributed by atoms with Crippen LogP contribution in [0.25, 0.3) is 89.4 Å². The second-order valence-corrected chi connectivity index (χ2v) is 12.8. The third-order valence-corrected chi connectivity index (χ3v) is 9.58. The first-order chi connectivity index (χ1) is 25.8. The predicted octanol–water partition coefficient (Wildman–Crippen LogP) is 12.7. The van der Waals surface area contributed by atoms with E-state index >= 15 is 0 Å². The Labute approximate surface area is 303 Å². The largest absolute Gasteiger partial charge is 0.208 e. The van der Waals surface area contributed by atoms with Crippen molar-refractivity contribution in [2.24, 2.45) is 0 Å². The second-order valence-electron chi connectivity index (χ2n) is 12.8. The van der Waals surface area contributed by atoms with Gasteiger partial charge in [0.2, 0.25) is 0 Å². The first kappa shape index (κ1) is 31.0. The van der Waals surface area contributed by atoms with Gasteiger partial charge in [-0.05, 0) is 61.3 Å². The summed E-state index contributed by atoms with van der Waals surface area (Å²) >= 11 is 0. The van der Waals surface area contributed by atoms with Gasteiger partial charge in [-0.2, -0.15) is 0 Å². The van der Waals surface area contributed by atoms with Crippen molar-refractivity contribution >= 4 is 10.8 Å². The van der Waals surface area contributed by atoms with Gasteiger partial charge in [-0.15, -0.1) is 0 Å². The summed E-state index contributed by atoms with van der Waals surface area (Å²) in [7, 11) is 0.